The summed E-state index contributed by atoms with van der Waals surface area (Å²) in [5, 5.41) is 7.09. The number of halogens is 2. The lowest BCUT2D eigenvalue weighted by atomic mass is 10.1. The fourth-order valence-corrected chi connectivity index (χ4v) is 2.46. The van der Waals surface area contributed by atoms with Crippen LogP contribution in [-0.4, -0.2) is 38.3 Å². The average Bonchev–Trinajstić information content (AvgIpc) is 2.81. The Balaban J connectivity index is 1.92. The van der Waals surface area contributed by atoms with Gasteiger partial charge in [-0.25, -0.2) is 0 Å². The number of amides is 1. The minimum absolute atomic E-state index is 0.0141. The normalized spacial score (nSPS) is 22.5. The van der Waals surface area contributed by atoms with Crippen molar-refractivity contribution in [2.24, 2.45) is 0 Å². The monoisotopic (exact) mass is 302 g/mol. The number of benzene rings is 1. The van der Waals surface area contributed by atoms with E-state index >= 15 is 0 Å². The topological polar surface area (TPSA) is 50.4 Å². The van der Waals surface area contributed by atoms with Crippen molar-refractivity contribution in [3.05, 3.63) is 33.8 Å². The Hall–Kier alpha value is -0.810. The summed E-state index contributed by atoms with van der Waals surface area (Å²) in [6, 6.07) is 5.22. The molecule has 0 radical (unpaired) electrons. The molecule has 2 N–H and O–H groups in total. The van der Waals surface area contributed by atoms with Gasteiger partial charge in [0.15, 0.2) is 0 Å². The quantitative estimate of drug-likeness (QED) is 0.889. The predicted molar refractivity (Wildman–Crippen MR) is 75.8 cm³/mol. The summed E-state index contributed by atoms with van der Waals surface area (Å²) in [6.45, 7) is 1.49. The maximum Gasteiger partial charge on any atom is 0.224 e. The van der Waals surface area contributed by atoms with Gasteiger partial charge in [0, 0.05) is 20.2 Å². The van der Waals surface area contributed by atoms with Crippen LogP contribution in [0.15, 0.2) is 18.2 Å². The summed E-state index contributed by atoms with van der Waals surface area (Å²) < 4.78 is 5.29. The second-order valence-corrected chi connectivity index (χ2v) is 5.35. The molecule has 104 valence electrons. The SMILES string of the molecule is CO[C@H]1CNCC1NC(=O)Cc1ccc(Cl)c(Cl)c1. The van der Waals surface area contributed by atoms with E-state index in [9.17, 15) is 4.79 Å². The molecule has 1 unspecified atom stereocenters. The zero-order valence-electron chi connectivity index (χ0n) is 10.6. The van der Waals surface area contributed by atoms with Crippen molar-refractivity contribution in [1.82, 2.24) is 10.6 Å². The molecule has 1 fully saturated rings. The number of hydrogen-bond acceptors (Lipinski definition) is 3. The zero-order chi connectivity index (χ0) is 13.8. The van der Waals surface area contributed by atoms with Crippen molar-refractivity contribution < 1.29 is 9.53 Å². The van der Waals surface area contributed by atoms with Crippen LogP contribution in [0, 0.1) is 0 Å². The van der Waals surface area contributed by atoms with E-state index in [1.165, 1.54) is 0 Å². The molecule has 6 heteroatoms. The molecule has 1 heterocycles. The van der Waals surface area contributed by atoms with Crippen LogP contribution >= 0.6 is 23.2 Å². The highest BCUT2D eigenvalue weighted by Gasteiger charge is 2.27. The molecule has 1 aromatic carbocycles. The van der Waals surface area contributed by atoms with Crippen molar-refractivity contribution in [2.75, 3.05) is 20.2 Å². The van der Waals surface area contributed by atoms with Gasteiger partial charge >= 0.3 is 0 Å². The standard InChI is InChI=1S/C13H16Cl2N2O2/c1-19-12-7-16-6-11(12)17-13(18)5-8-2-3-9(14)10(15)4-8/h2-4,11-12,16H,5-7H2,1H3,(H,17,18)/t11?,12-/m0/s1. The Morgan fingerprint density at radius 2 is 2.21 bits per heavy atom. The van der Waals surface area contributed by atoms with Crippen molar-refractivity contribution >= 4 is 29.1 Å². The van der Waals surface area contributed by atoms with Crippen molar-refractivity contribution in [1.29, 1.82) is 0 Å². The van der Waals surface area contributed by atoms with E-state index in [4.69, 9.17) is 27.9 Å². The molecule has 1 aliphatic rings. The second-order valence-electron chi connectivity index (χ2n) is 4.53. The van der Waals surface area contributed by atoms with Gasteiger partial charge in [-0.1, -0.05) is 29.3 Å². The van der Waals surface area contributed by atoms with Crippen LogP contribution in [0.25, 0.3) is 0 Å². The zero-order valence-corrected chi connectivity index (χ0v) is 12.1. The molecule has 2 rings (SSSR count). The van der Waals surface area contributed by atoms with Gasteiger partial charge in [0.25, 0.3) is 0 Å². The fraction of sp³-hybridized carbons (Fsp3) is 0.462. The van der Waals surface area contributed by atoms with Gasteiger partial charge in [-0.3, -0.25) is 4.79 Å². The maximum atomic E-state index is 12.0. The second kappa shape index (κ2) is 6.57. The minimum Gasteiger partial charge on any atom is -0.378 e. The van der Waals surface area contributed by atoms with Crippen molar-refractivity contribution in [2.45, 2.75) is 18.6 Å². The fourth-order valence-electron chi connectivity index (χ4n) is 2.14. The predicted octanol–water partition coefficient (Wildman–Crippen LogP) is 1.64. The van der Waals surface area contributed by atoms with E-state index in [0.717, 1.165) is 18.7 Å². The molecular weight excluding hydrogens is 287 g/mol. The van der Waals surface area contributed by atoms with Gasteiger partial charge in [-0.15, -0.1) is 0 Å². The van der Waals surface area contributed by atoms with Crippen LogP contribution < -0.4 is 10.6 Å². The van der Waals surface area contributed by atoms with E-state index in [2.05, 4.69) is 10.6 Å². The van der Waals surface area contributed by atoms with Crippen LogP contribution in [-0.2, 0) is 16.0 Å². The van der Waals surface area contributed by atoms with Gasteiger partial charge in [-0.05, 0) is 17.7 Å². The van der Waals surface area contributed by atoms with Gasteiger partial charge in [0.2, 0.25) is 5.91 Å². The number of carbonyl (C=O) groups is 1. The van der Waals surface area contributed by atoms with Gasteiger partial charge in [0.1, 0.15) is 0 Å². The first-order valence-corrected chi connectivity index (χ1v) is 6.82. The Kier molecular flexibility index (Phi) is 5.05. The molecule has 4 nitrogen and oxygen atoms in total. The van der Waals surface area contributed by atoms with E-state index < -0.39 is 0 Å². The number of hydrogen-bond donors (Lipinski definition) is 2. The summed E-state index contributed by atoms with van der Waals surface area (Å²) in [4.78, 5) is 12.0. The smallest absolute Gasteiger partial charge is 0.224 e. The van der Waals surface area contributed by atoms with Gasteiger partial charge in [-0.2, -0.15) is 0 Å². The first kappa shape index (κ1) is 14.6. The molecule has 1 aromatic rings. The molecular formula is C13H16Cl2N2O2. The molecule has 0 spiro atoms. The van der Waals surface area contributed by atoms with Crippen molar-refractivity contribution in [3.8, 4) is 0 Å². The minimum atomic E-state index is -0.0471. The largest absolute Gasteiger partial charge is 0.378 e. The number of methoxy groups -OCH3 is 1. The molecule has 1 aliphatic heterocycles. The van der Waals surface area contributed by atoms with Crippen LogP contribution in [0.5, 0.6) is 0 Å². The van der Waals surface area contributed by atoms with Crippen molar-refractivity contribution in [3.63, 3.8) is 0 Å². The Labute approximate surface area is 122 Å². The van der Waals surface area contributed by atoms with Crippen LogP contribution in [0.2, 0.25) is 10.0 Å². The number of carbonyl (C=O) groups excluding carboxylic acids is 1. The molecule has 0 saturated carbocycles. The van der Waals surface area contributed by atoms with E-state index in [0.29, 0.717) is 10.0 Å². The van der Waals surface area contributed by atoms with E-state index in [1.807, 2.05) is 0 Å². The van der Waals surface area contributed by atoms with Gasteiger partial charge in [0.05, 0.1) is 28.6 Å². The first-order chi connectivity index (χ1) is 9.10. The number of nitrogens with one attached hydrogen (secondary N) is 2. The highest BCUT2D eigenvalue weighted by atomic mass is 35.5. The number of rotatable bonds is 4. The number of ether oxygens (including phenoxy) is 1. The lowest BCUT2D eigenvalue weighted by Crippen LogP contribution is -2.44. The van der Waals surface area contributed by atoms with Crippen LogP contribution in [0.4, 0.5) is 0 Å². The third kappa shape index (κ3) is 3.83. The first-order valence-electron chi connectivity index (χ1n) is 6.07. The molecule has 1 saturated heterocycles. The highest BCUT2D eigenvalue weighted by Crippen LogP contribution is 2.22. The lowest BCUT2D eigenvalue weighted by molar-refractivity contribution is -0.121. The average molecular weight is 303 g/mol. The van der Waals surface area contributed by atoms with Crippen LogP contribution in [0.1, 0.15) is 5.56 Å². The molecule has 0 bridgehead atoms. The molecule has 0 aromatic heterocycles. The molecule has 2 atom stereocenters. The van der Waals surface area contributed by atoms with Crippen LogP contribution in [0.3, 0.4) is 0 Å². The Morgan fingerprint density at radius 3 is 2.89 bits per heavy atom. The van der Waals surface area contributed by atoms with E-state index in [-0.39, 0.29) is 24.5 Å². The molecule has 19 heavy (non-hydrogen) atoms. The summed E-state index contributed by atoms with van der Waals surface area (Å²) in [5.74, 6) is -0.0471. The summed E-state index contributed by atoms with van der Waals surface area (Å²) >= 11 is 11.8. The van der Waals surface area contributed by atoms with E-state index in [1.54, 1.807) is 25.3 Å². The summed E-state index contributed by atoms with van der Waals surface area (Å²) in [5.41, 5.74) is 0.840. The maximum absolute atomic E-state index is 12.0. The highest BCUT2D eigenvalue weighted by molar-refractivity contribution is 6.42. The molecule has 0 aliphatic carbocycles. The lowest BCUT2D eigenvalue weighted by Gasteiger charge is -2.18. The third-order valence-electron chi connectivity index (χ3n) is 3.16. The summed E-state index contributed by atoms with van der Waals surface area (Å²) in [7, 11) is 1.65. The molecule has 1 amide bonds. The third-order valence-corrected chi connectivity index (χ3v) is 3.90. The van der Waals surface area contributed by atoms with Gasteiger partial charge < -0.3 is 15.4 Å². The summed E-state index contributed by atoms with van der Waals surface area (Å²) in [6.07, 6.45) is 0.307. The Morgan fingerprint density at radius 1 is 1.42 bits per heavy atom. The Bertz CT molecular complexity index is 468.